The van der Waals surface area contributed by atoms with Gasteiger partial charge in [-0.25, -0.2) is 0 Å². The molecule has 0 radical (unpaired) electrons. The van der Waals surface area contributed by atoms with Gasteiger partial charge in [0.1, 0.15) is 0 Å². The van der Waals surface area contributed by atoms with Crippen LogP contribution in [0.25, 0.3) is 33.4 Å². The largest absolute Gasteiger partial charge is 0.299 e. The zero-order valence-corrected chi connectivity index (χ0v) is 27.6. The summed E-state index contributed by atoms with van der Waals surface area (Å²) in [5.41, 5.74) is -39.5. The van der Waals surface area contributed by atoms with Crippen LogP contribution in [-0.2, 0) is 0 Å². The highest BCUT2D eigenvalue weighted by Crippen LogP contribution is 2.62. The van der Waals surface area contributed by atoms with Gasteiger partial charge in [-0.1, -0.05) is 0 Å². The molecule has 0 aromatic heterocycles. The molecular formula is C24H6N12O24. The minimum absolute atomic E-state index is 0.260. The van der Waals surface area contributed by atoms with E-state index in [0.29, 0.717) is 0 Å². The van der Waals surface area contributed by atoms with Gasteiger partial charge in [0.2, 0.25) is 0 Å². The van der Waals surface area contributed by atoms with E-state index in [-0.39, 0.29) is 36.4 Å². The number of rotatable bonds is 15. The second kappa shape index (κ2) is 15.1. The van der Waals surface area contributed by atoms with Crippen molar-refractivity contribution in [1.82, 2.24) is 0 Å². The number of nitro groups is 12. The average molecular weight is 846 g/mol. The van der Waals surface area contributed by atoms with Crippen LogP contribution in [0, 0.1) is 121 Å². The van der Waals surface area contributed by atoms with E-state index in [4.69, 9.17) is 0 Å². The molecule has 0 saturated heterocycles. The zero-order chi connectivity index (χ0) is 45.6. The fourth-order valence-electron chi connectivity index (χ4n) is 5.71. The van der Waals surface area contributed by atoms with Gasteiger partial charge in [-0.2, -0.15) is 0 Å². The Kier molecular flexibility index (Phi) is 10.7. The van der Waals surface area contributed by atoms with Gasteiger partial charge >= 0.3 is 0 Å². The Hall–Kier alpha value is -10.3. The van der Waals surface area contributed by atoms with Gasteiger partial charge in [0.15, 0.2) is 33.4 Å². The fourth-order valence-corrected chi connectivity index (χ4v) is 5.71. The third-order valence-electron chi connectivity index (χ3n) is 7.78. The first-order valence-electron chi connectivity index (χ1n) is 14.3. The summed E-state index contributed by atoms with van der Waals surface area (Å²) >= 11 is 0. The van der Waals surface area contributed by atoms with Crippen LogP contribution in [-0.4, -0.2) is 59.1 Å². The van der Waals surface area contributed by atoms with Crippen LogP contribution < -0.4 is 0 Å². The van der Waals surface area contributed by atoms with Gasteiger partial charge < -0.3 is 0 Å². The molecule has 0 aliphatic heterocycles. The number of nitrogens with zero attached hydrogens (tertiary/aromatic N) is 12. The maximum absolute atomic E-state index is 13.1. The summed E-state index contributed by atoms with van der Waals surface area (Å²) < 4.78 is 0. The van der Waals surface area contributed by atoms with Crippen LogP contribution in [0.2, 0.25) is 0 Å². The summed E-state index contributed by atoms with van der Waals surface area (Å²) in [7, 11) is 0. The molecule has 36 nitrogen and oxygen atoms in total. The highest BCUT2D eigenvalue weighted by atomic mass is 16.7. The Morgan fingerprint density at radius 2 is 0.367 bits per heavy atom. The second-order valence-electron chi connectivity index (χ2n) is 10.8. The Morgan fingerprint density at radius 3 is 0.467 bits per heavy atom. The third-order valence-corrected chi connectivity index (χ3v) is 7.78. The number of non-ortho nitro benzene ring substituents is 3. The van der Waals surface area contributed by atoms with Gasteiger partial charge in [0, 0.05) is 0 Å². The lowest BCUT2D eigenvalue weighted by Crippen LogP contribution is -2.12. The molecule has 0 heterocycles. The Balaban J connectivity index is 2.80. The van der Waals surface area contributed by atoms with E-state index in [1.807, 2.05) is 0 Å². The Bertz CT molecular complexity index is 2390. The van der Waals surface area contributed by atoms with Gasteiger partial charge in [0.05, 0.1) is 95.5 Å². The van der Waals surface area contributed by atoms with Gasteiger partial charge in [0.25, 0.3) is 68.2 Å². The number of benzene rings is 4. The van der Waals surface area contributed by atoms with Crippen LogP contribution in [0.5, 0.6) is 0 Å². The summed E-state index contributed by atoms with van der Waals surface area (Å²) in [6, 6.07) is -1.56. The number of nitro benzene ring substituents is 12. The highest BCUT2D eigenvalue weighted by Gasteiger charge is 2.53. The predicted molar refractivity (Wildman–Crippen MR) is 183 cm³/mol. The second-order valence-corrected chi connectivity index (χ2v) is 10.8. The molecule has 60 heavy (non-hydrogen) atoms. The maximum Gasteiger partial charge on any atom is 0.299 e. The van der Waals surface area contributed by atoms with E-state index >= 15 is 0 Å². The molecule has 0 N–H and O–H groups in total. The molecule has 36 heteroatoms. The van der Waals surface area contributed by atoms with Gasteiger partial charge in [-0.3, -0.25) is 121 Å². The van der Waals surface area contributed by atoms with Crippen LogP contribution in [0.3, 0.4) is 0 Å². The van der Waals surface area contributed by atoms with Crippen LogP contribution in [0.1, 0.15) is 0 Å². The molecule has 0 amide bonds. The molecule has 0 aliphatic rings. The molecular weight excluding hydrogens is 840 g/mol. The molecule has 0 bridgehead atoms. The zero-order valence-electron chi connectivity index (χ0n) is 27.6. The van der Waals surface area contributed by atoms with Crippen molar-refractivity contribution in [2.45, 2.75) is 0 Å². The highest BCUT2D eigenvalue weighted by molar-refractivity contribution is 6.12. The molecule has 0 saturated carbocycles. The smallest absolute Gasteiger partial charge is 0.258 e. The molecule has 0 atom stereocenters. The minimum Gasteiger partial charge on any atom is -0.258 e. The summed E-state index contributed by atoms with van der Waals surface area (Å²) in [4.78, 5) is 126. The van der Waals surface area contributed by atoms with Gasteiger partial charge in [-0.15, -0.1) is 0 Å². The first kappa shape index (κ1) is 42.4. The lowest BCUT2D eigenvalue weighted by Gasteiger charge is -2.15. The lowest BCUT2D eigenvalue weighted by molar-refractivity contribution is -0.406. The van der Waals surface area contributed by atoms with Crippen molar-refractivity contribution in [3.05, 3.63) is 158 Å². The summed E-state index contributed by atoms with van der Waals surface area (Å²) in [5, 5.41) is 149. The first-order chi connectivity index (χ1) is 27.8. The van der Waals surface area contributed by atoms with Crippen molar-refractivity contribution in [2.24, 2.45) is 0 Å². The van der Waals surface area contributed by atoms with E-state index < -0.39 is 161 Å². The van der Waals surface area contributed by atoms with E-state index in [0.717, 1.165) is 0 Å². The summed E-state index contributed by atoms with van der Waals surface area (Å²) in [5.74, 6) is 0. The quantitative estimate of drug-likeness (QED) is 0.104. The fraction of sp³-hybridized carbons (Fsp3) is 0. The van der Waals surface area contributed by atoms with Crippen molar-refractivity contribution in [1.29, 1.82) is 0 Å². The minimum atomic E-state index is -2.61. The van der Waals surface area contributed by atoms with Crippen molar-refractivity contribution in [2.75, 3.05) is 0 Å². The molecule has 0 unspecified atom stereocenters. The van der Waals surface area contributed by atoms with Crippen molar-refractivity contribution < 1.29 is 59.1 Å². The molecule has 0 aliphatic carbocycles. The standard InChI is InChI=1S/C24H6N12O24/c37-25(38)7-1-10(28(43)44)16(11(2-7)29(45)46)19-22(34(55)56)20(17-12(30(47)48)3-8(26(39)40)4-13(17)31(49)50)24(36(59)60)21(23(19)35(57)58)18-14(32(51)52)5-9(27(41)42)6-15(18)33(53)54/h1-6H. The molecule has 4 rings (SSSR count). The van der Waals surface area contributed by atoms with E-state index in [1.165, 1.54) is 0 Å². The maximum atomic E-state index is 13.1. The molecule has 4 aromatic carbocycles. The van der Waals surface area contributed by atoms with E-state index in [9.17, 15) is 121 Å². The summed E-state index contributed by atoms with van der Waals surface area (Å²) in [6.07, 6.45) is 0. The van der Waals surface area contributed by atoms with Crippen molar-refractivity contribution >= 4 is 68.2 Å². The molecule has 0 fully saturated rings. The first-order valence-corrected chi connectivity index (χ1v) is 14.3. The van der Waals surface area contributed by atoms with Crippen LogP contribution in [0.15, 0.2) is 36.4 Å². The normalized spacial score (nSPS) is 10.6. The SMILES string of the molecule is O=[N+]([O-])c1cc([N+](=O)[O-])c(-c2c([N+](=O)[O-])c(-c3c([N+](=O)[O-])cc([N+](=O)[O-])cc3[N+](=O)[O-])c([N+](=O)[O-])c(-c3c([N+](=O)[O-])cc([N+](=O)[O-])cc3[N+](=O)[O-])c2[N+](=O)[O-])c([N+](=O)[O-])c1. The predicted octanol–water partition coefficient (Wildman–Crippen LogP) is 5.59. The van der Waals surface area contributed by atoms with Crippen molar-refractivity contribution in [3.8, 4) is 33.4 Å². The molecule has 0 spiro atoms. The molecule has 306 valence electrons. The summed E-state index contributed by atoms with van der Waals surface area (Å²) in [6.45, 7) is 0. The van der Waals surface area contributed by atoms with Crippen LogP contribution >= 0.6 is 0 Å². The molecule has 4 aromatic rings. The Labute approximate surface area is 318 Å². The van der Waals surface area contributed by atoms with E-state index in [2.05, 4.69) is 0 Å². The van der Waals surface area contributed by atoms with Gasteiger partial charge in [-0.05, 0) is 0 Å². The monoisotopic (exact) mass is 846 g/mol. The third kappa shape index (κ3) is 7.02. The average Bonchev–Trinajstić information content (AvgIpc) is 3.14. The van der Waals surface area contributed by atoms with Crippen LogP contribution in [0.4, 0.5) is 68.2 Å². The number of hydrogen-bond acceptors (Lipinski definition) is 24. The van der Waals surface area contributed by atoms with Crippen molar-refractivity contribution in [3.63, 3.8) is 0 Å². The number of hydrogen-bond donors (Lipinski definition) is 0. The topological polar surface area (TPSA) is 518 Å². The lowest BCUT2D eigenvalue weighted by atomic mass is 9.84. The van der Waals surface area contributed by atoms with E-state index in [1.54, 1.807) is 0 Å². The Morgan fingerprint density at radius 1 is 0.217 bits per heavy atom.